The lowest BCUT2D eigenvalue weighted by Crippen LogP contribution is -2.15. The van der Waals surface area contributed by atoms with E-state index in [9.17, 15) is 4.79 Å². The van der Waals surface area contributed by atoms with Crippen LogP contribution in [-0.2, 0) is 11.3 Å². The molecule has 0 bridgehead atoms. The number of nitrogens with two attached hydrogens (primary N) is 1. The number of halogens is 1. The molecule has 0 saturated carbocycles. The molecule has 4 heterocycles. The zero-order valence-corrected chi connectivity index (χ0v) is 28.9. The van der Waals surface area contributed by atoms with Crippen LogP contribution in [0, 0.1) is 19.7 Å². The Labute approximate surface area is 288 Å². The first-order chi connectivity index (χ1) is 23.5. The van der Waals surface area contributed by atoms with Crippen molar-refractivity contribution in [1.82, 2.24) is 29.6 Å². The highest BCUT2D eigenvalue weighted by atomic mass is 32.1. The third-order valence-corrected chi connectivity index (χ3v) is 9.25. The van der Waals surface area contributed by atoms with Crippen molar-refractivity contribution < 1.29 is 13.9 Å². The summed E-state index contributed by atoms with van der Waals surface area (Å²) in [5.74, 6) is -0.511. The largest absolute Gasteiger partial charge is 0.421 e. The number of hydrogen-bond acceptors (Lipinski definition) is 9. The lowest BCUT2D eigenvalue weighted by atomic mass is 9.95. The number of anilines is 2. The maximum absolute atomic E-state index is 15.8. The number of amides is 1. The number of thiophene rings is 1. The van der Waals surface area contributed by atoms with Gasteiger partial charge in [-0.3, -0.25) is 9.48 Å². The molecule has 6 rings (SSSR count). The summed E-state index contributed by atoms with van der Waals surface area (Å²) in [5.41, 5.74) is 13.3. The van der Waals surface area contributed by atoms with Crippen LogP contribution in [0.5, 0.6) is 11.8 Å². The number of carbonyl (C=O) groups is 1. The van der Waals surface area contributed by atoms with Gasteiger partial charge in [0.1, 0.15) is 5.82 Å². The second kappa shape index (κ2) is 14.0. The van der Waals surface area contributed by atoms with E-state index in [-0.39, 0.29) is 17.7 Å². The van der Waals surface area contributed by atoms with Crippen LogP contribution in [0.1, 0.15) is 24.6 Å². The summed E-state index contributed by atoms with van der Waals surface area (Å²) in [6.45, 7) is 10.9. The lowest BCUT2D eigenvalue weighted by Gasteiger charge is -2.13. The van der Waals surface area contributed by atoms with Crippen molar-refractivity contribution in [2.45, 2.75) is 33.7 Å². The van der Waals surface area contributed by atoms with Gasteiger partial charge in [-0.05, 0) is 94.9 Å². The molecule has 0 aliphatic rings. The van der Waals surface area contributed by atoms with E-state index < -0.39 is 5.82 Å². The van der Waals surface area contributed by atoms with Crippen LogP contribution in [0.4, 0.5) is 15.9 Å². The Morgan fingerprint density at radius 2 is 1.90 bits per heavy atom. The topological polar surface area (TPSA) is 124 Å². The monoisotopic (exact) mass is 676 g/mol. The van der Waals surface area contributed by atoms with E-state index in [1.54, 1.807) is 48.9 Å². The van der Waals surface area contributed by atoms with E-state index in [0.717, 1.165) is 56.9 Å². The predicted molar refractivity (Wildman–Crippen MR) is 194 cm³/mol. The smallest absolute Gasteiger partial charge is 0.322 e. The fourth-order valence-corrected chi connectivity index (χ4v) is 6.97. The summed E-state index contributed by atoms with van der Waals surface area (Å²) in [4.78, 5) is 28.3. The second-order valence-corrected chi connectivity index (χ2v) is 13.2. The molecule has 0 aliphatic carbocycles. The van der Waals surface area contributed by atoms with Crippen molar-refractivity contribution in [2.75, 3.05) is 31.7 Å². The first kappa shape index (κ1) is 33.4. The van der Waals surface area contributed by atoms with Crippen molar-refractivity contribution in [3.05, 3.63) is 96.5 Å². The SMILES string of the molecule is C=C(C)C(=O)Nc1ccc(-c2sc3c(-c4cnn(CCCN(C)C)c4)cnc(N)c3c2-c2ccc(Oc3nccc(C)n3)c(F)c2)c(C)c1. The number of nitrogen functional groups attached to an aromatic ring is 1. The first-order valence-electron chi connectivity index (χ1n) is 15.7. The standard InChI is InChI=1S/C37H37FN8O2S/c1-21(2)36(47)44-26-9-10-27(22(3)16-26)33-31(24-8-11-30(29(38)17-24)48-37-40-13-12-23(4)43-37)32-34(49-33)28(19-41-35(32)39)25-18-42-46(20-25)15-7-14-45(5)6/h8-13,16-20H,1,7,14-15H2,2-6H3,(H2,39,41)(H,44,47). The summed E-state index contributed by atoms with van der Waals surface area (Å²) < 4.78 is 24.3. The summed E-state index contributed by atoms with van der Waals surface area (Å²) in [7, 11) is 4.10. The Balaban J connectivity index is 1.49. The maximum Gasteiger partial charge on any atom is 0.322 e. The molecule has 0 unspecified atom stereocenters. The highest BCUT2D eigenvalue weighted by Gasteiger charge is 2.24. The zero-order valence-electron chi connectivity index (χ0n) is 28.0. The van der Waals surface area contributed by atoms with E-state index in [1.807, 2.05) is 49.1 Å². The van der Waals surface area contributed by atoms with Crippen LogP contribution < -0.4 is 15.8 Å². The molecule has 0 fully saturated rings. The highest BCUT2D eigenvalue weighted by molar-refractivity contribution is 7.23. The van der Waals surface area contributed by atoms with E-state index >= 15 is 4.39 Å². The number of nitrogens with one attached hydrogen (secondary N) is 1. The maximum atomic E-state index is 15.8. The Morgan fingerprint density at radius 1 is 1.08 bits per heavy atom. The Morgan fingerprint density at radius 3 is 2.61 bits per heavy atom. The van der Waals surface area contributed by atoms with Gasteiger partial charge in [0.05, 0.1) is 6.20 Å². The number of rotatable bonds is 11. The molecule has 12 heteroatoms. The van der Waals surface area contributed by atoms with E-state index in [4.69, 9.17) is 10.5 Å². The number of aryl methyl sites for hydroxylation is 3. The Bertz CT molecular complexity index is 2210. The highest BCUT2D eigenvalue weighted by Crippen LogP contribution is 2.50. The average Bonchev–Trinajstić information content (AvgIpc) is 3.68. The minimum absolute atomic E-state index is 0.00214. The van der Waals surface area contributed by atoms with Crippen LogP contribution in [0.15, 0.2) is 79.4 Å². The molecule has 0 radical (unpaired) electrons. The molecular formula is C37H37FN8O2S. The molecule has 0 saturated heterocycles. The number of hydrogen-bond donors (Lipinski definition) is 2. The molecule has 2 aromatic carbocycles. The minimum atomic E-state index is -0.579. The van der Waals surface area contributed by atoms with E-state index in [2.05, 4.69) is 50.9 Å². The van der Waals surface area contributed by atoms with Gasteiger partial charge in [-0.15, -0.1) is 11.3 Å². The van der Waals surface area contributed by atoms with Gasteiger partial charge < -0.3 is 20.7 Å². The number of aromatic nitrogens is 5. The number of pyridine rings is 1. The lowest BCUT2D eigenvalue weighted by molar-refractivity contribution is -0.112. The van der Waals surface area contributed by atoms with Crippen molar-refractivity contribution in [1.29, 1.82) is 0 Å². The van der Waals surface area contributed by atoms with E-state index in [0.29, 0.717) is 33.7 Å². The summed E-state index contributed by atoms with van der Waals surface area (Å²) in [5, 5.41) is 8.21. The average molecular weight is 677 g/mol. The van der Waals surface area contributed by atoms with E-state index in [1.165, 1.54) is 6.07 Å². The van der Waals surface area contributed by atoms with Gasteiger partial charge >= 0.3 is 6.01 Å². The molecule has 0 aliphatic heterocycles. The molecule has 0 spiro atoms. The summed E-state index contributed by atoms with van der Waals surface area (Å²) in [6, 6.07) is 12.3. The van der Waals surface area contributed by atoms with Crippen molar-refractivity contribution in [3.8, 4) is 44.5 Å². The number of nitrogens with zero attached hydrogens (tertiary/aromatic N) is 6. The number of benzene rings is 2. The van der Waals surface area contributed by atoms with Crippen LogP contribution in [0.25, 0.3) is 42.8 Å². The zero-order chi connectivity index (χ0) is 34.8. The van der Waals surface area contributed by atoms with Gasteiger partial charge in [0.15, 0.2) is 11.6 Å². The van der Waals surface area contributed by atoms with Gasteiger partial charge in [-0.2, -0.15) is 5.10 Å². The Hall–Kier alpha value is -5.46. The molecule has 6 aromatic rings. The van der Waals surface area contributed by atoms with Gasteiger partial charge in [0, 0.05) is 73.7 Å². The molecule has 4 aromatic heterocycles. The van der Waals surface area contributed by atoms with Crippen molar-refractivity contribution in [3.63, 3.8) is 0 Å². The van der Waals surface area contributed by atoms with Gasteiger partial charge in [-0.1, -0.05) is 18.7 Å². The fourth-order valence-electron chi connectivity index (χ4n) is 5.51. The first-order valence-corrected chi connectivity index (χ1v) is 16.5. The molecule has 0 atom stereocenters. The molecular weight excluding hydrogens is 640 g/mol. The van der Waals surface area contributed by atoms with Crippen LogP contribution in [0.3, 0.4) is 0 Å². The normalized spacial score (nSPS) is 11.3. The molecule has 10 nitrogen and oxygen atoms in total. The molecule has 1 amide bonds. The van der Waals surface area contributed by atoms with Crippen LogP contribution in [-0.4, -0.2) is 56.2 Å². The number of fused-ring (bicyclic) bond motifs is 1. The van der Waals surface area contributed by atoms with Crippen molar-refractivity contribution in [2.24, 2.45) is 0 Å². The molecule has 250 valence electrons. The molecule has 49 heavy (non-hydrogen) atoms. The number of carbonyl (C=O) groups excluding carboxylic acids is 1. The third-order valence-electron chi connectivity index (χ3n) is 7.99. The summed E-state index contributed by atoms with van der Waals surface area (Å²) in [6.07, 6.45) is 8.15. The van der Waals surface area contributed by atoms with Gasteiger partial charge in [0.2, 0.25) is 0 Å². The van der Waals surface area contributed by atoms with Gasteiger partial charge in [-0.25, -0.2) is 19.3 Å². The fraction of sp³-hybridized carbons (Fsp3) is 0.216. The molecule has 3 N–H and O–H groups in total. The van der Waals surface area contributed by atoms with Crippen LogP contribution >= 0.6 is 11.3 Å². The third kappa shape index (κ3) is 7.20. The van der Waals surface area contributed by atoms with Crippen LogP contribution in [0.2, 0.25) is 0 Å². The summed E-state index contributed by atoms with van der Waals surface area (Å²) >= 11 is 1.55. The minimum Gasteiger partial charge on any atom is -0.421 e. The van der Waals surface area contributed by atoms with Crippen molar-refractivity contribution >= 4 is 38.8 Å². The second-order valence-electron chi connectivity index (χ2n) is 12.2. The Kier molecular flexibility index (Phi) is 9.52. The van der Waals surface area contributed by atoms with Gasteiger partial charge in [0.25, 0.3) is 5.91 Å². The quantitative estimate of drug-likeness (QED) is 0.133. The predicted octanol–water partition coefficient (Wildman–Crippen LogP) is 7.88. The number of ether oxygens (including phenoxy) is 1.